The van der Waals surface area contributed by atoms with E-state index in [1.165, 1.54) is 6.33 Å². The Morgan fingerprint density at radius 3 is 2.27 bits per heavy atom. The molecule has 0 aliphatic heterocycles. The Morgan fingerprint density at radius 2 is 1.58 bits per heavy atom. The molecule has 4 rings (SSSR count). The highest BCUT2D eigenvalue weighted by Crippen LogP contribution is 2.24. The van der Waals surface area contributed by atoms with Crippen LogP contribution in [0.25, 0.3) is 0 Å². The number of aromatic amines is 1. The molecule has 0 atom stereocenters. The smallest absolute Gasteiger partial charge is 0.255 e. The van der Waals surface area contributed by atoms with Crippen molar-refractivity contribution < 1.29 is 13.2 Å². The summed E-state index contributed by atoms with van der Waals surface area (Å²) in [6.07, 6.45) is 6.16. The molecule has 168 valence electrons. The van der Waals surface area contributed by atoms with E-state index in [4.69, 9.17) is 0 Å². The lowest BCUT2D eigenvalue weighted by Crippen LogP contribution is -2.20. The molecule has 0 spiro atoms. The molecule has 2 heterocycles. The zero-order chi connectivity index (χ0) is 23.2. The quantitative estimate of drug-likeness (QED) is 0.301. The van der Waals surface area contributed by atoms with Gasteiger partial charge in [0.2, 0.25) is 0 Å². The topological polar surface area (TPSA) is 71.5 Å². The van der Waals surface area contributed by atoms with Crippen LogP contribution >= 0.6 is 11.8 Å². The maximum Gasteiger partial charge on any atom is 0.255 e. The second-order valence-corrected chi connectivity index (χ2v) is 8.31. The number of nitrogens with zero attached hydrogens (tertiary/aromatic N) is 3. The van der Waals surface area contributed by atoms with Crippen LogP contribution in [0.4, 0.5) is 13.2 Å². The van der Waals surface area contributed by atoms with Crippen LogP contribution in [-0.2, 0) is 25.0 Å². The van der Waals surface area contributed by atoms with Crippen molar-refractivity contribution in [2.24, 2.45) is 0 Å². The van der Waals surface area contributed by atoms with Crippen LogP contribution in [0.5, 0.6) is 0 Å². The number of aromatic nitrogens is 4. The molecule has 0 saturated heterocycles. The van der Waals surface area contributed by atoms with Gasteiger partial charge in [-0.1, -0.05) is 42.1 Å². The third kappa shape index (κ3) is 5.87. The zero-order valence-electron chi connectivity index (χ0n) is 17.4. The molecule has 1 N–H and O–H groups in total. The summed E-state index contributed by atoms with van der Waals surface area (Å²) in [4.78, 5) is 28.2. The third-order valence-corrected chi connectivity index (χ3v) is 5.93. The molecule has 0 radical (unpaired) electrons. The third-order valence-electron chi connectivity index (χ3n) is 5.03. The van der Waals surface area contributed by atoms with Gasteiger partial charge in [-0.05, 0) is 24.0 Å². The summed E-state index contributed by atoms with van der Waals surface area (Å²) < 4.78 is 41.1. The second-order valence-electron chi connectivity index (χ2n) is 7.34. The number of aryl methyl sites for hydroxylation is 2. The number of H-pyrrole nitrogens is 1. The lowest BCUT2D eigenvalue weighted by atomic mass is 10.0. The number of benzene rings is 2. The average Bonchev–Trinajstić information content (AvgIpc) is 2.80. The van der Waals surface area contributed by atoms with Crippen LogP contribution in [0.2, 0.25) is 0 Å². The molecule has 33 heavy (non-hydrogen) atoms. The van der Waals surface area contributed by atoms with Gasteiger partial charge in [0.25, 0.3) is 5.56 Å². The molecule has 0 bridgehead atoms. The fourth-order valence-corrected chi connectivity index (χ4v) is 4.26. The van der Waals surface area contributed by atoms with Crippen LogP contribution in [0.3, 0.4) is 0 Å². The molecular formula is C24H19F3N4OS. The standard InChI is InChI=1S/C24H19F3N4OS/c25-17-9-20(26)19(21(27)10-17)13-33-24-30-22(7-6-15-4-2-1-3-5-15)18(23(32)31-24)8-16-11-28-14-29-12-16/h1-5,9-12,14H,6-8,13H2,(H,30,31,32). The fraction of sp³-hybridized carbons (Fsp3) is 0.167. The summed E-state index contributed by atoms with van der Waals surface area (Å²) in [6.45, 7) is 0. The van der Waals surface area contributed by atoms with Crippen molar-refractivity contribution in [2.45, 2.75) is 30.2 Å². The van der Waals surface area contributed by atoms with E-state index in [0.29, 0.717) is 42.7 Å². The molecule has 0 aliphatic carbocycles. The normalized spacial score (nSPS) is 11.0. The van der Waals surface area contributed by atoms with E-state index >= 15 is 0 Å². The van der Waals surface area contributed by atoms with Crippen LogP contribution in [0.15, 0.2) is 71.1 Å². The van der Waals surface area contributed by atoms with Gasteiger partial charge in [-0.3, -0.25) is 4.79 Å². The summed E-state index contributed by atoms with van der Waals surface area (Å²) >= 11 is 0.979. The minimum absolute atomic E-state index is 0.148. The number of hydrogen-bond donors (Lipinski definition) is 1. The Bertz CT molecular complexity index is 1280. The van der Waals surface area contributed by atoms with Gasteiger partial charge in [0, 0.05) is 47.8 Å². The predicted molar refractivity (Wildman–Crippen MR) is 119 cm³/mol. The van der Waals surface area contributed by atoms with Crippen molar-refractivity contribution in [1.82, 2.24) is 19.9 Å². The maximum atomic E-state index is 14.0. The summed E-state index contributed by atoms with van der Waals surface area (Å²) in [7, 11) is 0. The van der Waals surface area contributed by atoms with E-state index in [1.807, 2.05) is 30.3 Å². The number of hydrogen-bond acceptors (Lipinski definition) is 5. The molecular weight excluding hydrogens is 449 g/mol. The van der Waals surface area contributed by atoms with Crippen LogP contribution in [-0.4, -0.2) is 19.9 Å². The average molecular weight is 469 g/mol. The van der Waals surface area contributed by atoms with Gasteiger partial charge >= 0.3 is 0 Å². The maximum absolute atomic E-state index is 14.0. The molecule has 2 aromatic carbocycles. The lowest BCUT2D eigenvalue weighted by Gasteiger charge is -2.11. The second kappa shape index (κ2) is 10.4. The first-order chi connectivity index (χ1) is 16.0. The molecule has 0 fully saturated rings. The van der Waals surface area contributed by atoms with Crippen molar-refractivity contribution >= 4 is 11.8 Å². The molecule has 0 unspecified atom stereocenters. The van der Waals surface area contributed by atoms with Crippen molar-refractivity contribution in [1.29, 1.82) is 0 Å². The highest BCUT2D eigenvalue weighted by Gasteiger charge is 2.16. The first kappa shape index (κ1) is 22.7. The minimum atomic E-state index is -0.984. The van der Waals surface area contributed by atoms with Gasteiger partial charge in [-0.15, -0.1) is 0 Å². The number of rotatable bonds is 8. The first-order valence-corrected chi connectivity index (χ1v) is 11.1. The Labute approximate surface area is 192 Å². The molecule has 0 aliphatic rings. The van der Waals surface area contributed by atoms with Gasteiger partial charge in [-0.2, -0.15) is 0 Å². The van der Waals surface area contributed by atoms with Gasteiger partial charge < -0.3 is 4.98 Å². The molecule has 5 nitrogen and oxygen atoms in total. The monoisotopic (exact) mass is 468 g/mol. The van der Waals surface area contributed by atoms with Gasteiger partial charge in [-0.25, -0.2) is 28.1 Å². The van der Waals surface area contributed by atoms with Crippen molar-refractivity contribution in [3.8, 4) is 0 Å². The van der Waals surface area contributed by atoms with Crippen molar-refractivity contribution in [3.05, 3.63) is 117 Å². The van der Waals surface area contributed by atoms with E-state index in [9.17, 15) is 18.0 Å². The molecule has 9 heteroatoms. The Morgan fingerprint density at radius 1 is 0.879 bits per heavy atom. The van der Waals surface area contributed by atoms with E-state index in [1.54, 1.807) is 12.4 Å². The Hall–Kier alpha value is -3.46. The zero-order valence-corrected chi connectivity index (χ0v) is 18.2. The highest BCUT2D eigenvalue weighted by molar-refractivity contribution is 7.98. The van der Waals surface area contributed by atoms with Crippen LogP contribution < -0.4 is 5.56 Å². The molecule has 0 amide bonds. The highest BCUT2D eigenvalue weighted by atomic mass is 32.2. The number of thioether (sulfide) groups is 1. The van der Waals surface area contributed by atoms with E-state index in [2.05, 4.69) is 19.9 Å². The summed E-state index contributed by atoms with van der Waals surface area (Å²) in [5.74, 6) is -3.09. The lowest BCUT2D eigenvalue weighted by molar-refractivity contribution is 0.531. The Kier molecular flexibility index (Phi) is 7.19. The Balaban J connectivity index is 1.61. The molecule has 0 saturated carbocycles. The number of nitrogens with one attached hydrogen (secondary N) is 1. The predicted octanol–water partition coefficient (Wildman–Crippen LogP) is 4.65. The van der Waals surface area contributed by atoms with Gasteiger partial charge in [0.05, 0.1) is 5.69 Å². The SMILES string of the molecule is O=c1[nH]c(SCc2c(F)cc(F)cc2F)nc(CCc2ccccc2)c1Cc1cncnc1. The van der Waals surface area contributed by atoms with E-state index in [0.717, 1.165) is 22.9 Å². The fourth-order valence-electron chi connectivity index (χ4n) is 3.36. The number of halogens is 3. The van der Waals surface area contributed by atoms with Crippen LogP contribution in [0, 0.1) is 17.5 Å². The largest absolute Gasteiger partial charge is 0.301 e. The van der Waals surface area contributed by atoms with E-state index < -0.39 is 17.5 Å². The first-order valence-electron chi connectivity index (χ1n) is 10.2. The molecule has 2 aromatic heterocycles. The summed E-state index contributed by atoms with van der Waals surface area (Å²) in [6, 6.07) is 11.1. The van der Waals surface area contributed by atoms with Crippen molar-refractivity contribution in [2.75, 3.05) is 0 Å². The van der Waals surface area contributed by atoms with Crippen LogP contribution in [0.1, 0.15) is 27.9 Å². The van der Waals surface area contributed by atoms with Crippen molar-refractivity contribution in [3.63, 3.8) is 0 Å². The van der Waals surface area contributed by atoms with Gasteiger partial charge in [0.1, 0.15) is 23.8 Å². The summed E-state index contributed by atoms with van der Waals surface area (Å²) in [5, 5.41) is 0.235. The summed E-state index contributed by atoms with van der Waals surface area (Å²) in [5.41, 5.74) is 2.33. The van der Waals surface area contributed by atoms with Gasteiger partial charge in [0.15, 0.2) is 5.16 Å². The van der Waals surface area contributed by atoms with E-state index in [-0.39, 0.29) is 22.0 Å². The minimum Gasteiger partial charge on any atom is -0.301 e. The molecule has 4 aromatic rings.